The fourth-order valence-electron chi connectivity index (χ4n) is 2.38. The minimum absolute atomic E-state index is 0. The smallest absolute Gasteiger partial charge is 0.810 e. The molecule has 0 unspecified atom stereocenters. The summed E-state index contributed by atoms with van der Waals surface area (Å²) in [5.74, 6) is 0. The summed E-state index contributed by atoms with van der Waals surface area (Å²) in [6.45, 7) is -0.363. The largest absolute Gasteiger partial charge is 1.00 e. The summed E-state index contributed by atoms with van der Waals surface area (Å²) in [4.78, 5) is 87.4. The summed E-state index contributed by atoms with van der Waals surface area (Å²) >= 11 is 0. The van der Waals surface area contributed by atoms with Crippen molar-refractivity contribution >= 4 is 30.4 Å². The van der Waals surface area contributed by atoms with Gasteiger partial charge in [0, 0.05) is 25.1 Å². The van der Waals surface area contributed by atoms with Gasteiger partial charge < -0.3 is 57.4 Å². The molecule has 0 amide bonds. The van der Waals surface area contributed by atoms with Gasteiger partial charge in [-0.05, 0) is 25.9 Å². The van der Waals surface area contributed by atoms with Crippen molar-refractivity contribution in [2.24, 2.45) is 0 Å². The van der Waals surface area contributed by atoms with Gasteiger partial charge in [0.25, 0.3) is 0 Å². The van der Waals surface area contributed by atoms with Crippen LogP contribution in [0.15, 0.2) is 0 Å². The molecule has 0 atom stereocenters. The van der Waals surface area contributed by atoms with Crippen molar-refractivity contribution in [3.63, 3.8) is 0 Å². The summed E-state index contributed by atoms with van der Waals surface area (Å²) in [6.07, 6.45) is -3.48. The second kappa shape index (κ2) is 23.6. The molecular formula is C10H20K4N2O12P4-4. The first-order valence-corrected chi connectivity index (χ1v) is 14.8. The number of rotatable bonds is 15. The van der Waals surface area contributed by atoms with E-state index >= 15 is 0 Å². The second-order valence-corrected chi connectivity index (χ2v) is 12.2. The van der Waals surface area contributed by atoms with Crippen LogP contribution >= 0.6 is 30.4 Å². The fourth-order valence-corrected chi connectivity index (χ4v) is 5.62. The van der Waals surface area contributed by atoms with Gasteiger partial charge >= 0.3 is 206 Å². The topological polar surface area (TPSA) is 259 Å². The Kier molecular flexibility index (Phi) is 36.0. The van der Waals surface area contributed by atoms with Crippen LogP contribution in [-0.2, 0) is 18.3 Å². The van der Waals surface area contributed by atoms with Gasteiger partial charge in [0.1, 0.15) is 0 Å². The molecule has 170 valence electrons. The number of unbranched alkanes of at least 4 members (excludes halogenated alkanes) is 3. The van der Waals surface area contributed by atoms with Crippen LogP contribution in [0, 0.1) is 0 Å². The Bertz CT molecular complexity index is 564. The summed E-state index contributed by atoms with van der Waals surface area (Å²) in [5, 5.41) is 0. The molecule has 0 aliphatic rings. The first kappa shape index (κ1) is 48.8. The molecule has 0 rings (SSSR count). The summed E-state index contributed by atoms with van der Waals surface area (Å²) < 4.78 is 43.0. The third-order valence-corrected chi connectivity index (χ3v) is 6.18. The van der Waals surface area contributed by atoms with Gasteiger partial charge in [-0.25, -0.2) is 0 Å². The van der Waals surface area contributed by atoms with Crippen molar-refractivity contribution < 1.29 is 263 Å². The van der Waals surface area contributed by atoms with E-state index in [0.717, 1.165) is 0 Å². The SMILES string of the molecule is O=P([O-])([O-])CN(CCCCCCN(CP(=O)([O-])[O-])CP(=O)([O-])[O-])CP(=O)([O-])[O-].[K+].[K+].[K+].[K+]. The van der Waals surface area contributed by atoms with Crippen LogP contribution in [0.2, 0.25) is 0 Å². The van der Waals surface area contributed by atoms with Gasteiger partial charge in [-0.2, -0.15) is 0 Å². The van der Waals surface area contributed by atoms with Gasteiger partial charge in [-0.15, -0.1) is 0 Å². The van der Waals surface area contributed by atoms with Crippen molar-refractivity contribution in [2.45, 2.75) is 25.7 Å². The first-order valence-electron chi connectivity index (χ1n) is 7.85. The summed E-state index contributed by atoms with van der Waals surface area (Å²) in [5.41, 5.74) is 0. The third kappa shape index (κ3) is 37.1. The maximum atomic E-state index is 10.7. The molecule has 14 nitrogen and oxygen atoms in total. The molecule has 0 aliphatic carbocycles. The fraction of sp³-hybridized carbons (Fsp3) is 1.00. The molecular weight excluding hydrogens is 620 g/mol. The molecule has 0 saturated carbocycles. The average molecular weight is 641 g/mol. The quantitative estimate of drug-likeness (QED) is 0.0915. The first-order chi connectivity index (χ1) is 12.4. The molecule has 0 bridgehead atoms. The number of hydrogen-bond acceptors (Lipinski definition) is 14. The molecule has 0 heterocycles. The van der Waals surface area contributed by atoms with Gasteiger partial charge in [0.15, 0.2) is 0 Å². The van der Waals surface area contributed by atoms with E-state index in [-0.39, 0.29) is 231 Å². The third-order valence-electron chi connectivity index (χ3n) is 3.19. The Labute approximate surface area is 357 Å². The molecule has 0 aromatic carbocycles. The molecule has 32 heavy (non-hydrogen) atoms. The zero-order valence-corrected chi connectivity index (χ0v) is 34.7. The van der Waals surface area contributed by atoms with Gasteiger partial charge in [0.2, 0.25) is 0 Å². The van der Waals surface area contributed by atoms with Crippen LogP contribution in [0.25, 0.3) is 0 Å². The Balaban J connectivity index is -0.000000607. The zero-order valence-electron chi connectivity index (χ0n) is 18.7. The van der Waals surface area contributed by atoms with Gasteiger partial charge in [-0.3, -0.25) is 9.80 Å². The van der Waals surface area contributed by atoms with Crippen LogP contribution in [0.3, 0.4) is 0 Å². The molecule has 0 fully saturated rings. The van der Waals surface area contributed by atoms with E-state index in [0.29, 0.717) is 22.6 Å². The van der Waals surface area contributed by atoms with Crippen molar-refractivity contribution in [1.29, 1.82) is 0 Å². The normalized spacial score (nSPS) is 12.4. The summed E-state index contributed by atoms with van der Waals surface area (Å²) in [7, 11) is -20.3. The number of nitrogens with zero attached hydrogens (tertiary/aromatic N) is 2. The Hall–Kier alpha value is 7.07. The molecule has 0 radical (unpaired) electrons. The van der Waals surface area contributed by atoms with E-state index in [9.17, 15) is 57.4 Å². The molecule has 0 saturated heterocycles. The molecule has 0 spiro atoms. The monoisotopic (exact) mass is 640 g/mol. The van der Waals surface area contributed by atoms with Gasteiger partial charge in [0.05, 0.1) is 0 Å². The minimum Gasteiger partial charge on any atom is -0.810 e. The van der Waals surface area contributed by atoms with Crippen molar-refractivity contribution in [3.8, 4) is 0 Å². The Morgan fingerprint density at radius 1 is 0.406 bits per heavy atom. The maximum absolute atomic E-state index is 10.7. The van der Waals surface area contributed by atoms with E-state index in [2.05, 4.69) is 0 Å². The molecule has 0 aliphatic heterocycles. The van der Waals surface area contributed by atoms with Gasteiger partial charge in [-0.1, -0.05) is 43.2 Å². The van der Waals surface area contributed by atoms with E-state index < -0.39 is 55.5 Å². The molecule has 0 aromatic rings. The zero-order chi connectivity index (χ0) is 22.2. The van der Waals surface area contributed by atoms with E-state index in [4.69, 9.17) is 0 Å². The molecule has 0 N–H and O–H groups in total. The molecule has 0 aromatic heterocycles. The molecule has 22 heteroatoms. The number of hydrogen-bond donors (Lipinski definition) is 0. The van der Waals surface area contributed by atoms with E-state index in [1.807, 2.05) is 0 Å². The Morgan fingerprint density at radius 3 is 0.750 bits per heavy atom. The van der Waals surface area contributed by atoms with Crippen LogP contribution in [0.1, 0.15) is 25.7 Å². The predicted molar refractivity (Wildman–Crippen MR) is 81.8 cm³/mol. The summed E-state index contributed by atoms with van der Waals surface area (Å²) in [6, 6.07) is 0. The standard InChI is InChI=1S/C10H28N2O12P4.4K/c13-25(14,15)7-11(8-26(16,17)18)5-3-1-2-4-6-12(9-27(19,20)21)10-28(22,23)24;;;;/h1-10H2,(H2,13,14,15)(H2,16,17,18)(H2,19,20,21)(H2,22,23,24);;;;/q;4*+1/p-8. The minimum atomic E-state index is -5.07. The van der Waals surface area contributed by atoms with Crippen molar-refractivity contribution in [3.05, 3.63) is 0 Å². The van der Waals surface area contributed by atoms with Crippen molar-refractivity contribution in [1.82, 2.24) is 9.80 Å². The van der Waals surface area contributed by atoms with E-state index in [1.165, 1.54) is 0 Å². The Morgan fingerprint density at radius 2 is 0.594 bits per heavy atom. The second-order valence-electron chi connectivity index (χ2n) is 6.21. The predicted octanol–water partition coefficient (Wildman–Crippen LogP) is -17.3. The van der Waals surface area contributed by atoms with Crippen LogP contribution in [-0.4, -0.2) is 48.0 Å². The van der Waals surface area contributed by atoms with Crippen molar-refractivity contribution in [2.75, 3.05) is 38.2 Å². The van der Waals surface area contributed by atoms with E-state index in [1.54, 1.807) is 0 Å². The average Bonchev–Trinajstić information content (AvgIpc) is 2.34. The van der Waals surface area contributed by atoms with Crippen LogP contribution < -0.4 is 245 Å². The van der Waals surface area contributed by atoms with Crippen LogP contribution in [0.4, 0.5) is 0 Å². The maximum Gasteiger partial charge on any atom is 1.00 e. The van der Waals surface area contributed by atoms with Crippen LogP contribution in [0.5, 0.6) is 0 Å².